The van der Waals surface area contributed by atoms with Gasteiger partial charge in [0, 0.05) is 18.8 Å². The van der Waals surface area contributed by atoms with Crippen LogP contribution in [0.2, 0.25) is 0 Å². The molecule has 14 heavy (non-hydrogen) atoms. The SMILES string of the molecule is CN1CCCC(NN2C=CC=CC2)C1. The second kappa shape index (κ2) is 4.62. The van der Waals surface area contributed by atoms with E-state index in [1.807, 2.05) is 0 Å². The molecule has 0 aromatic rings. The van der Waals surface area contributed by atoms with E-state index in [-0.39, 0.29) is 0 Å². The molecule has 3 heteroatoms. The summed E-state index contributed by atoms with van der Waals surface area (Å²) in [4.78, 5) is 2.39. The molecule has 1 atom stereocenters. The third kappa shape index (κ3) is 2.59. The summed E-state index contributed by atoms with van der Waals surface area (Å²) in [6.07, 6.45) is 11.0. The Kier molecular flexibility index (Phi) is 3.22. The molecule has 0 saturated carbocycles. The maximum Gasteiger partial charge on any atom is 0.0521 e. The molecule has 1 fully saturated rings. The van der Waals surface area contributed by atoms with Gasteiger partial charge in [-0.2, -0.15) is 0 Å². The van der Waals surface area contributed by atoms with E-state index in [0.717, 1.165) is 13.1 Å². The zero-order chi connectivity index (χ0) is 9.80. The van der Waals surface area contributed by atoms with Crippen molar-refractivity contribution in [3.05, 3.63) is 24.4 Å². The number of piperidine rings is 1. The smallest absolute Gasteiger partial charge is 0.0521 e. The molecule has 1 unspecified atom stereocenters. The Labute approximate surface area is 86.0 Å². The van der Waals surface area contributed by atoms with Crippen LogP contribution in [0.5, 0.6) is 0 Å². The normalized spacial score (nSPS) is 28.4. The molecule has 3 nitrogen and oxygen atoms in total. The molecule has 2 aliphatic rings. The van der Waals surface area contributed by atoms with Crippen LogP contribution in [0.1, 0.15) is 12.8 Å². The summed E-state index contributed by atoms with van der Waals surface area (Å²) < 4.78 is 0. The van der Waals surface area contributed by atoms with Crippen molar-refractivity contribution < 1.29 is 0 Å². The van der Waals surface area contributed by atoms with E-state index in [4.69, 9.17) is 0 Å². The first-order valence-electron chi connectivity index (χ1n) is 5.39. The minimum Gasteiger partial charge on any atom is -0.312 e. The summed E-state index contributed by atoms with van der Waals surface area (Å²) in [5.74, 6) is 0. The van der Waals surface area contributed by atoms with Crippen molar-refractivity contribution in [1.82, 2.24) is 15.3 Å². The fourth-order valence-electron chi connectivity index (χ4n) is 2.07. The maximum atomic E-state index is 3.54. The van der Waals surface area contributed by atoms with Crippen LogP contribution < -0.4 is 5.43 Å². The number of rotatable bonds is 2. The number of hydrogen-bond donors (Lipinski definition) is 1. The third-order valence-corrected chi connectivity index (χ3v) is 2.79. The lowest BCUT2D eigenvalue weighted by Gasteiger charge is -2.34. The lowest BCUT2D eigenvalue weighted by atomic mass is 10.1. The highest BCUT2D eigenvalue weighted by Gasteiger charge is 2.17. The fraction of sp³-hybridized carbons (Fsp3) is 0.636. The molecule has 0 bridgehead atoms. The molecule has 0 aromatic carbocycles. The summed E-state index contributed by atoms with van der Waals surface area (Å²) in [5, 5.41) is 2.17. The monoisotopic (exact) mass is 193 g/mol. The Morgan fingerprint density at radius 3 is 3.00 bits per heavy atom. The van der Waals surface area contributed by atoms with Gasteiger partial charge in [-0.1, -0.05) is 12.2 Å². The molecule has 0 aliphatic carbocycles. The number of likely N-dealkylation sites (tertiary alicyclic amines) is 1. The van der Waals surface area contributed by atoms with E-state index < -0.39 is 0 Å². The molecule has 0 radical (unpaired) electrons. The number of likely N-dealkylation sites (N-methyl/N-ethyl adjacent to an activating group) is 1. The predicted molar refractivity (Wildman–Crippen MR) is 58.6 cm³/mol. The van der Waals surface area contributed by atoms with Crippen LogP contribution in [0.15, 0.2) is 24.4 Å². The summed E-state index contributed by atoms with van der Waals surface area (Å²) >= 11 is 0. The minimum atomic E-state index is 0.616. The van der Waals surface area contributed by atoms with Gasteiger partial charge < -0.3 is 9.91 Å². The first-order valence-corrected chi connectivity index (χ1v) is 5.39. The average Bonchev–Trinajstić information content (AvgIpc) is 2.19. The number of allylic oxidation sites excluding steroid dienone is 2. The second-order valence-corrected chi connectivity index (χ2v) is 4.15. The second-order valence-electron chi connectivity index (χ2n) is 4.15. The molecule has 0 spiro atoms. The summed E-state index contributed by atoms with van der Waals surface area (Å²) in [6.45, 7) is 3.39. The maximum absolute atomic E-state index is 3.54. The van der Waals surface area contributed by atoms with Crippen molar-refractivity contribution in [3.63, 3.8) is 0 Å². The molecule has 0 aromatic heterocycles. The van der Waals surface area contributed by atoms with Crippen LogP contribution in [0, 0.1) is 0 Å². The van der Waals surface area contributed by atoms with Gasteiger partial charge in [0.15, 0.2) is 0 Å². The highest BCUT2D eigenvalue weighted by atomic mass is 15.5. The zero-order valence-corrected chi connectivity index (χ0v) is 8.82. The van der Waals surface area contributed by atoms with Crippen molar-refractivity contribution >= 4 is 0 Å². The van der Waals surface area contributed by atoms with Gasteiger partial charge in [-0.25, -0.2) is 5.43 Å². The van der Waals surface area contributed by atoms with Crippen LogP contribution in [-0.2, 0) is 0 Å². The van der Waals surface area contributed by atoms with E-state index in [9.17, 15) is 0 Å². The summed E-state index contributed by atoms with van der Waals surface area (Å²) in [5.41, 5.74) is 3.54. The van der Waals surface area contributed by atoms with Crippen molar-refractivity contribution in [2.45, 2.75) is 18.9 Å². The lowest BCUT2D eigenvalue weighted by Crippen LogP contribution is -2.49. The van der Waals surface area contributed by atoms with Crippen LogP contribution in [0.3, 0.4) is 0 Å². The molecule has 2 heterocycles. The van der Waals surface area contributed by atoms with Crippen molar-refractivity contribution in [1.29, 1.82) is 0 Å². The molecule has 2 aliphatic heterocycles. The summed E-state index contributed by atoms with van der Waals surface area (Å²) in [6, 6.07) is 0.616. The number of hydrazine groups is 1. The van der Waals surface area contributed by atoms with Crippen LogP contribution in [0.25, 0.3) is 0 Å². The Morgan fingerprint density at radius 2 is 2.29 bits per heavy atom. The van der Waals surface area contributed by atoms with E-state index in [1.54, 1.807) is 0 Å². The van der Waals surface area contributed by atoms with E-state index in [2.05, 4.69) is 46.8 Å². The first kappa shape index (κ1) is 9.74. The fourth-order valence-corrected chi connectivity index (χ4v) is 2.07. The van der Waals surface area contributed by atoms with Crippen LogP contribution in [0.4, 0.5) is 0 Å². The van der Waals surface area contributed by atoms with Crippen LogP contribution in [-0.4, -0.2) is 42.6 Å². The Hall–Kier alpha value is -0.800. The number of hydrogen-bond acceptors (Lipinski definition) is 3. The van der Waals surface area contributed by atoms with E-state index >= 15 is 0 Å². The molecule has 0 amide bonds. The third-order valence-electron chi connectivity index (χ3n) is 2.79. The van der Waals surface area contributed by atoms with Gasteiger partial charge >= 0.3 is 0 Å². The Morgan fingerprint density at radius 1 is 1.36 bits per heavy atom. The molecular formula is C11H19N3. The lowest BCUT2D eigenvalue weighted by molar-refractivity contribution is 0.160. The zero-order valence-electron chi connectivity index (χ0n) is 8.82. The van der Waals surface area contributed by atoms with E-state index in [0.29, 0.717) is 6.04 Å². The van der Waals surface area contributed by atoms with Gasteiger partial charge in [0.25, 0.3) is 0 Å². The Balaban J connectivity index is 1.79. The molecule has 1 N–H and O–H groups in total. The van der Waals surface area contributed by atoms with Crippen molar-refractivity contribution in [2.24, 2.45) is 0 Å². The first-order chi connectivity index (χ1) is 6.84. The van der Waals surface area contributed by atoms with Gasteiger partial charge in [0.1, 0.15) is 0 Å². The van der Waals surface area contributed by atoms with Crippen molar-refractivity contribution in [2.75, 3.05) is 26.7 Å². The largest absolute Gasteiger partial charge is 0.312 e. The predicted octanol–water partition coefficient (Wildman–Crippen LogP) is 0.971. The van der Waals surface area contributed by atoms with Crippen LogP contribution >= 0.6 is 0 Å². The highest BCUT2D eigenvalue weighted by molar-refractivity contribution is 5.07. The average molecular weight is 193 g/mol. The van der Waals surface area contributed by atoms with Gasteiger partial charge in [-0.3, -0.25) is 0 Å². The Bertz CT molecular complexity index is 235. The molecule has 2 rings (SSSR count). The quantitative estimate of drug-likeness (QED) is 0.705. The van der Waals surface area contributed by atoms with Crippen molar-refractivity contribution in [3.8, 4) is 0 Å². The summed E-state index contributed by atoms with van der Waals surface area (Å²) in [7, 11) is 2.19. The number of nitrogens with one attached hydrogen (secondary N) is 1. The minimum absolute atomic E-state index is 0.616. The molecular weight excluding hydrogens is 174 g/mol. The van der Waals surface area contributed by atoms with Gasteiger partial charge in [-0.05, 0) is 32.5 Å². The van der Waals surface area contributed by atoms with E-state index in [1.165, 1.54) is 19.4 Å². The van der Waals surface area contributed by atoms with Gasteiger partial charge in [-0.15, -0.1) is 0 Å². The topological polar surface area (TPSA) is 18.5 Å². The standard InChI is InChI=1S/C11H19N3/c1-13-7-5-6-11(10-13)12-14-8-3-2-4-9-14/h2-4,8,11-12H,5-7,9-10H2,1H3. The molecule has 78 valence electrons. The van der Waals surface area contributed by atoms with Gasteiger partial charge in [0.05, 0.1) is 6.54 Å². The molecule has 1 saturated heterocycles. The van der Waals surface area contributed by atoms with Gasteiger partial charge in [0.2, 0.25) is 0 Å². The number of nitrogens with zero attached hydrogens (tertiary/aromatic N) is 2. The highest BCUT2D eigenvalue weighted by Crippen LogP contribution is 2.09.